The number of likely N-dealkylation sites (N-methyl/N-ethyl adjacent to an activating group) is 1. The zero-order valence-corrected chi connectivity index (χ0v) is 19.1. The second-order valence-corrected chi connectivity index (χ2v) is 9.01. The van der Waals surface area contributed by atoms with Gasteiger partial charge in [-0.25, -0.2) is 9.37 Å². The number of benzene rings is 1. The highest BCUT2D eigenvalue weighted by atomic mass is 35.5. The average Bonchev–Trinajstić information content (AvgIpc) is 3.16. The van der Waals surface area contributed by atoms with Crippen LogP contribution in [0.2, 0.25) is 0 Å². The summed E-state index contributed by atoms with van der Waals surface area (Å²) in [6, 6.07) is 11.5. The minimum atomic E-state index is -0.175. The molecule has 1 atom stereocenters. The van der Waals surface area contributed by atoms with Crippen molar-refractivity contribution in [3.8, 4) is 0 Å². The molecule has 2 aliphatic rings. The van der Waals surface area contributed by atoms with Crippen LogP contribution < -0.4 is 10.6 Å². The Kier molecular flexibility index (Phi) is 6.70. The molecule has 5 rings (SSSR count). The minimum Gasteiger partial charge on any atom is -0.365 e. The van der Waals surface area contributed by atoms with E-state index in [9.17, 15) is 4.39 Å². The third-order valence-corrected chi connectivity index (χ3v) is 7.06. The number of rotatable bonds is 4. The fraction of sp³-hybridized carbons (Fsp3) is 0.333. The van der Waals surface area contributed by atoms with Crippen LogP contribution >= 0.6 is 23.7 Å². The maximum Gasteiger partial charge on any atom is 0.123 e. The van der Waals surface area contributed by atoms with Crippen molar-refractivity contribution >= 4 is 35.5 Å². The number of halogens is 2. The van der Waals surface area contributed by atoms with E-state index in [4.69, 9.17) is 9.97 Å². The zero-order chi connectivity index (χ0) is 20.5. The van der Waals surface area contributed by atoms with Crippen LogP contribution in [0.3, 0.4) is 0 Å². The van der Waals surface area contributed by atoms with Crippen molar-refractivity contribution in [2.45, 2.75) is 25.3 Å². The zero-order valence-electron chi connectivity index (χ0n) is 17.5. The Morgan fingerprint density at radius 2 is 1.97 bits per heavy atom. The number of thiazole rings is 1. The third-order valence-electron chi connectivity index (χ3n) is 6.21. The highest BCUT2D eigenvalue weighted by molar-refractivity contribution is 7.09. The van der Waals surface area contributed by atoms with Crippen LogP contribution in [0.15, 0.2) is 48.1 Å². The van der Waals surface area contributed by atoms with E-state index in [1.54, 1.807) is 23.5 Å². The third kappa shape index (κ3) is 4.52. The van der Waals surface area contributed by atoms with E-state index in [0.717, 1.165) is 49.9 Å². The van der Waals surface area contributed by atoms with Gasteiger partial charge in [-0.3, -0.25) is 9.88 Å². The Morgan fingerprint density at radius 3 is 2.81 bits per heavy atom. The van der Waals surface area contributed by atoms with Crippen LogP contribution in [-0.4, -0.2) is 52.5 Å². The van der Waals surface area contributed by atoms with Crippen molar-refractivity contribution in [2.75, 3.05) is 26.7 Å². The molecule has 0 N–H and O–H groups in total. The minimum absolute atomic E-state index is 0. The number of fused-ring (bicyclic) bond motifs is 2. The summed E-state index contributed by atoms with van der Waals surface area (Å²) in [6.45, 7) is 2.91. The van der Waals surface area contributed by atoms with Gasteiger partial charge in [0, 0.05) is 43.2 Å². The molecule has 4 nitrogen and oxygen atoms in total. The van der Waals surface area contributed by atoms with Crippen molar-refractivity contribution in [3.63, 3.8) is 0 Å². The number of pyridine rings is 1. The number of hydrogen-bond acceptors (Lipinski definition) is 5. The Labute approximate surface area is 192 Å². The van der Waals surface area contributed by atoms with Crippen molar-refractivity contribution in [2.24, 2.45) is 0 Å². The van der Waals surface area contributed by atoms with Gasteiger partial charge in [0.05, 0.1) is 16.6 Å². The highest BCUT2D eigenvalue weighted by Gasteiger charge is 2.29. The number of aromatic nitrogens is 2. The van der Waals surface area contributed by atoms with E-state index >= 15 is 0 Å². The lowest BCUT2D eigenvalue weighted by atomic mass is 10.0. The molecule has 2 aromatic heterocycles. The predicted octanol–water partition coefficient (Wildman–Crippen LogP) is 2.84. The van der Waals surface area contributed by atoms with E-state index in [1.165, 1.54) is 21.4 Å². The summed E-state index contributed by atoms with van der Waals surface area (Å²) in [6.07, 6.45) is 7.05. The monoisotopic (exact) mass is 456 g/mol. The van der Waals surface area contributed by atoms with Gasteiger partial charge in [-0.1, -0.05) is 24.3 Å². The number of nitrogens with zero attached hydrogens (tertiary/aromatic N) is 4. The van der Waals surface area contributed by atoms with Gasteiger partial charge < -0.3 is 4.90 Å². The number of hydrogen-bond donors (Lipinski definition) is 0. The molecule has 1 saturated heterocycles. The lowest BCUT2D eigenvalue weighted by Crippen LogP contribution is -2.52. The maximum absolute atomic E-state index is 13.2. The molecule has 3 heterocycles. The second-order valence-electron chi connectivity index (χ2n) is 8.07. The lowest BCUT2D eigenvalue weighted by molar-refractivity contribution is 0.127. The Hall–Kier alpha value is -2.28. The summed E-state index contributed by atoms with van der Waals surface area (Å²) < 4.78 is 13.2. The van der Waals surface area contributed by atoms with E-state index < -0.39 is 0 Å². The first-order chi connectivity index (χ1) is 14.7. The average molecular weight is 457 g/mol. The standard InChI is InChI=1S/C24H25FN4S.ClH/c1-28-13-14-29(15-20(28)10-6-17-4-8-19(25)9-5-17)24-22-18(3-2-12-26-22)7-11-21-23(24)27-16-30-21;/h2-5,7-9,12,16,20H,6,10-11,13-15H2,1H3;1H. The molecule has 162 valence electrons. The van der Waals surface area contributed by atoms with Crippen LogP contribution in [0.5, 0.6) is 0 Å². The molecule has 1 aliphatic carbocycles. The lowest BCUT2D eigenvalue weighted by Gasteiger charge is -2.41. The topological polar surface area (TPSA) is 32.3 Å². The summed E-state index contributed by atoms with van der Waals surface area (Å²) in [5, 5.41) is 2.24. The van der Waals surface area contributed by atoms with Gasteiger partial charge >= 0.3 is 0 Å². The molecule has 0 saturated carbocycles. The van der Waals surface area contributed by atoms with Crippen LogP contribution in [0, 0.1) is 5.82 Å². The number of aryl methyl sites for hydroxylation is 1. The van der Waals surface area contributed by atoms with Crippen LogP contribution in [-0.2, 0) is 12.8 Å². The van der Waals surface area contributed by atoms with Gasteiger partial charge in [0.2, 0.25) is 0 Å². The largest absolute Gasteiger partial charge is 0.365 e. The molecule has 7 heteroatoms. The van der Waals surface area contributed by atoms with E-state index in [-0.39, 0.29) is 18.2 Å². The highest BCUT2D eigenvalue weighted by Crippen LogP contribution is 2.27. The van der Waals surface area contributed by atoms with Gasteiger partial charge in [-0.2, -0.15) is 0 Å². The molecule has 1 aliphatic heterocycles. The van der Waals surface area contributed by atoms with Crippen molar-refractivity contribution in [3.05, 3.63) is 80.6 Å². The Morgan fingerprint density at radius 1 is 1.13 bits per heavy atom. The van der Waals surface area contributed by atoms with Gasteiger partial charge in [0.15, 0.2) is 0 Å². The van der Waals surface area contributed by atoms with Gasteiger partial charge in [0.25, 0.3) is 0 Å². The van der Waals surface area contributed by atoms with E-state index in [2.05, 4.69) is 29.0 Å². The summed E-state index contributed by atoms with van der Waals surface area (Å²) >= 11 is 1.73. The summed E-state index contributed by atoms with van der Waals surface area (Å²) in [5.74, 6) is -0.175. The molecule has 1 unspecified atom stereocenters. The second kappa shape index (κ2) is 9.47. The summed E-state index contributed by atoms with van der Waals surface area (Å²) in [7, 11) is 2.21. The summed E-state index contributed by atoms with van der Waals surface area (Å²) in [5.41, 5.74) is 5.41. The van der Waals surface area contributed by atoms with Crippen molar-refractivity contribution in [1.82, 2.24) is 19.8 Å². The molecule has 0 bridgehead atoms. The van der Waals surface area contributed by atoms with Crippen molar-refractivity contribution in [1.29, 1.82) is 0 Å². The van der Waals surface area contributed by atoms with Gasteiger partial charge in [-0.15, -0.1) is 23.7 Å². The van der Waals surface area contributed by atoms with Gasteiger partial charge in [-0.05, 0) is 48.9 Å². The predicted molar refractivity (Wildman–Crippen MR) is 126 cm³/mol. The fourth-order valence-corrected chi connectivity index (χ4v) is 5.17. The summed E-state index contributed by atoms with van der Waals surface area (Å²) in [4.78, 5) is 15.8. The van der Waals surface area contributed by atoms with Crippen molar-refractivity contribution < 1.29 is 4.39 Å². The first-order valence-electron chi connectivity index (χ1n) is 10.5. The molecule has 1 fully saturated rings. The molecular formula is C24H26ClFN4S. The molecular weight excluding hydrogens is 431 g/mol. The maximum atomic E-state index is 13.2. The van der Waals surface area contributed by atoms with Crippen LogP contribution in [0.4, 0.5) is 4.39 Å². The molecule has 0 spiro atoms. The fourth-order valence-electron chi connectivity index (χ4n) is 4.45. The van der Waals surface area contributed by atoms with E-state index in [0.29, 0.717) is 6.04 Å². The Balaban J connectivity index is 0.00000231. The van der Waals surface area contributed by atoms with Crippen LogP contribution in [0.1, 0.15) is 22.6 Å². The van der Waals surface area contributed by atoms with Gasteiger partial charge in [0.1, 0.15) is 11.5 Å². The SMILES string of the molecule is CN1CCN(C2=c3ncccc3=CCc3scnc32)CC1CCc1ccc(F)cc1.Cl. The molecule has 0 radical (unpaired) electrons. The first-order valence-corrected chi connectivity index (χ1v) is 11.3. The smallest absolute Gasteiger partial charge is 0.123 e. The molecule has 3 aromatic rings. The Bertz CT molecular complexity index is 1160. The molecule has 1 aromatic carbocycles. The van der Waals surface area contributed by atoms with Crippen LogP contribution in [0.25, 0.3) is 11.8 Å². The number of piperazine rings is 1. The molecule has 0 amide bonds. The molecule has 31 heavy (non-hydrogen) atoms. The first kappa shape index (κ1) is 21.9. The quantitative estimate of drug-likeness (QED) is 0.604. The van der Waals surface area contributed by atoms with E-state index in [1.807, 2.05) is 29.9 Å². The normalized spacial score (nSPS) is 18.5.